The molecule has 0 aliphatic carbocycles. The van der Waals surface area contributed by atoms with Crippen LogP contribution < -0.4 is 4.28 Å². The molecular formula is C4H5NO6S. The van der Waals surface area contributed by atoms with Crippen molar-refractivity contribution < 1.29 is 27.5 Å². The second kappa shape index (κ2) is 2.57. The summed E-state index contributed by atoms with van der Waals surface area (Å²) in [6.45, 7) is 0. The van der Waals surface area contributed by atoms with Gasteiger partial charge in [-0.3, -0.25) is 8.84 Å². The first kappa shape index (κ1) is 8.68. The van der Waals surface area contributed by atoms with Crippen molar-refractivity contribution in [1.29, 1.82) is 0 Å². The van der Waals surface area contributed by atoms with Crippen molar-refractivity contribution in [2.75, 3.05) is 0 Å². The van der Waals surface area contributed by atoms with Crippen molar-refractivity contribution >= 4 is 10.4 Å². The van der Waals surface area contributed by atoms with Crippen LogP contribution in [0.4, 0.5) is 0 Å². The van der Waals surface area contributed by atoms with E-state index in [1.54, 1.807) is 0 Å². The topological polar surface area (TPSA) is 109 Å². The molecule has 1 heterocycles. The summed E-state index contributed by atoms with van der Waals surface area (Å²) >= 11 is 0. The Hall–Kier alpha value is -1.41. The van der Waals surface area contributed by atoms with Gasteiger partial charge in [0, 0.05) is 12.1 Å². The van der Waals surface area contributed by atoms with E-state index in [2.05, 4.69) is 4.28 Å². The van der Waals surface area contributed by atoms with Gasteiger partial charge in [0.2, 0.25) is 11.8 Å². The first-order valence-corrected chi connectivity index (χ1v) is 4.04. The van der Waals surface area contributed by atoms with Crippen molar-refractivity contribution in [1.82, 2.24) is 4.73 Å². The van der Waals surface area contributed by atoms with Gasteiger partial charge in [0.05, 0.1) is 0 Å². The maximum Gasteiger partial charge on any atom is 0.465 e. The van der Waals surface area contributed by atoms with E-state index in [0.29, 0.717) is 0 Å². The third kappa shape index (κ3) is 1.80. The molecule has 0 aromatic carbocycles. The lowest BCUT2D eigenvalue weighted by molar-refractivity contribution is 0.182. The van der Waals surface area contributed by atoms with E-state index in [4.69, 9.17) is 14.8 Å². The highest BCUT2D eigenvalue weighted by Gasteiger charge is 2.13. The highest BCUT2D eigenvalue weighted by Crippen LogP contribution is 2.18. The smallest absolute Gasteiger partial charge is 0.465 e. The number of aromatic nitrogens is 1. The van der Waals surface area contributed by atoms with Crippen LogP contribution in [0.1, 0.15) is 0 Å². The van der Waals surface area contributed by atoms with Gasteiger partial charge < -0.3 is 10.2 Å². The summed E-state index contributed by atoms with van der Waals surface area (Å²) in [5.41, 5.74) is 0. The Labute approximate surface area is 67.3 Å². The van der Waals surface area contributed by atoms with Crippen LogP contribution in [0, 0.1) is 0 Å². The largest absolute Gasteiger partial charge is 0.492 e. The maximum atomic E-state index is 10.1. The number of rotatable bonds is 2. The molecule has 1 aromatic rings. The third-order valence-electron chi connectivity index (χ3n) is 0.966. The Morgan fingerprint density at radius 3 is 2.00 bits per heavy atom. The van der Waals surface area contributed by atoms with Crippen LogP contribution >= 0.6 is 0 Å². The minimum absolute atomic E-state index is 0.148. The Morgan fingerprint density at radius 1 is 1.25 bits per heavy atom. The molecule has 0 radical (unpaired) electrons. The molecule has 3 N–H and O–H groups in total. The molecule has 0 bridgehead atoms. The summed E-state index contributed by atoms with van der Waals surface area (Å²) in [7, 11) is -4.75. The molecule has 0 atom stereocenters. The second-order valence-electron chi connectivity index (χ2n) is 1.85. The van der Waals surface area contributed by atoms with Crippen LogP contribution in [0.2, 0.25) is 0 Å². The van der Waals surface area contributed by atoms with Crippen molar-refractivity contribution in [3.05, 3.63) is 12.1 Å². The molecule has 0 spiro atoms. The minimum Gasteiger partial charge on any atom is -0.492 e. The van der Waals surface area contributed by atoms with E-state index in [-0.39, 0.29) is 4.73 Å². The fourth-order valence-corrected chi connectivity index (χ4v) is 0.914. The Morgan fingerprint density at radius 2 is 1.67 bits per heavy atom. The lowest BCUT2D eigenvalue weighted by Gasteiger charge is -2.02. The SMILES string of the molecule is O=S(=O)(O)On1c(O)ccc1O. The summed E-state index contributed by atoms with van der Waals surface area (Å²) in [4.78, 5) is 0. The van der Waals surface area contributed by atoms with E-state index < -0.39 is 22.2 Å². The standard InChI is InChI=1S/C4H5NO6S/c6-3-1-2-4(7)5(3)11-12(8,9)10/h1-2,6-7H,(H,8,9,10). The lowest BCUT2D eigenvalue weighted by Crippen LogP contribution is -2.18. The van der Waals surface area contributed by atoms with E-state index >= 15 is 0 Å². The van der Waals surface area contributed by atoms with Gasteiger partial charge in [-0.05, 0) is 0 Å². The van der Waals surface area contributed by atoms with Crippen molar-refractivity contribution in [3.8, 4) is 11.8 Å². The highest BCUT2D eigenvalue weighted by atomic mass is 32.3. The van der Waals surface area contributed by atoms with Gasteiger partial charge in [0.1, 0.15) is 0 Å². The third-order valence-corrected chi connectivity index (χ3v) is 1.30. The molecule has 68 valence electrons. The molecule has 0 saturated carbocycles. The zero-order chi connectivity index (χ0) is 9.35. The molecule has 7 nitrogen and oxygen atoms in total. The summed E-state index contributed by atoms with van der Waals surface area (Å²) in [5.74, 6) is -1.30. The molecule has 0 aliphatic rings. The molecule has 0 amide bonds. The van der Waals surface area contributed by atoms with Crippen molar-refractivity contribution in [3.63, 3.8) is 0 Å². The average molecular weight is 195 g/mol. The quantitative estimate of drug-likeness (QED) is 0.529. The van der Waals surface area contributed by atoms with Gasteiger partial charge in [0.25, 0.3) is 0 Å². The lowest BCUT2D eigenvalue weighted by atomic mass is 10.6. The molecule has 12 heavy (non-hydrogen) atoms. The summed E-state index contributed by atoms with van der Waals surface area (Å²) in [6, 6.07) is 1.97. The van der Waals surface area contributed by atoms with E-state index in [1.165, 1.54) is 0 Å². The molecule has 1 rings (SSSR count). The fourth-order valence-electron chi connectivity index (χ4n) is 0.572. The summed E-state index contributed by atoms with van der Waals surface area (Å²) in [6.07, 6.45) is 0. The normalized spacial score (nSPS) is 11.4. The molecule has 8 heteroatoms. The second-order valence-corrected chi connectivity index (χ2v) is 2.85. The van der Waals surface area contributed by atoms with Crippen LogP contribution in [0.25, 0.3) is 0 Å². The van der Waals surface area contributed by atoms with E-state index in [9.17, 15) is 8.42 Å². The molecule has 0 saturated heterocycles. The molecule has 0 fully saturated rings. The van der Waals surface area contributed by atoms with Gasteiger partial charge in [-0.25, -0.2) is 0 Å². The number of hydrogen-bond acceptors (Lipinski definition) is 5. The average Bonchev–Trinajstić information content (AvgIpc) is 2.16. The molecule has 1 aromatic heterocycles. The van der Waals surface area contributed by atoms with Gasteiger partial charge in [0.15, 0.2) is 0 Å². The van der Waals surface area contributed by atoms with Crippen LogP contribution in [0.15, 0.2) is 12.1 Å². The van der Waals surface area contributed by atoms with E-state index in [1.807, 2.05) is 0 Å². The Balaban J connectivity index is 3.04. The summed E-state index contributed by atoms with van der Waals surface area (Å²) in [5, 5.41) is 17.6. The Bertz CT molecular complexity index is 359. The van der Waals surface area contributed by atoms with Crippen LogP contribution in [-0.4, -0.2) is 27.9 Å². The predicted molar refractivity (Wildman–Crippen MR) is 35.9 cm³/mol. The van der Waals surface area contributed by atoms with Crippen LogP contribution in [-0.2, 0) is 10.4 Å². The first-order valence-electron chi connectivity index (χ1n) is 2.67. The fraction of sp³-hybridized carbons (Fsp3) is 0. The van der Waals surface area contributed by atoms with Gasteiger partial charge >= 0.3 is 10.4 Å². The number of aromatic hydroxyl groups is 2. The maximum absolute atomic E-state index is 10.1. The first-order chi connectivity index (χ1) is 5.40. The highest BCUT2D eigenvalue weighted by molar-refractivity contribution is 7.81. The van der Waals surface area contributed by atoms with Crippen LogP contribution in [0.5, 0.6) is 11.8 Å². The van der Waals surface area contributed by atoms with Crippen molar-refractivity contribution in [2.24, 2.45) is 0 Å². The van der Waals surface area contributed by atoms with Gasteiger partial charge in [-0.1, -0.05) is 4.73 Å². The van der Waals surface area contributed by atoms with Crippen LogP contribution in [0.3, 0.4) is 0 Å². The monoisotopic (exact) mass is 195 g/mol. The predicted octanol–water partition coefficient (Wildman–Crippen LogP) is -0.869. The summed E-state index contributed by atoms with van der Waals surface area (Å²) < 4.78 is 32.2. The van der Waals surface area contributed by atoms with Crippen molar-refractivity contribution in [2.45, 2.75) is 0 Å². The zero-order valence-electron chi connectivity index (χ0n) is 5.58. The molecular weight excluding hydrogens is 190 g/mol. The van der Waals surface area contributed by atoms with Gasteiger partial charge in [-0.2, -0.15) is 8.42 Å². The Kier molecular flexibility index (Phi) is 1.86. The zero-order valence-corrected chi connectivity index (χ0v) is 6.39. The van der Waals surface area contributed by atoms with Gasteiger partial charge in [-0.15, -0.1) is 0 Å². The number of nitrogens with zero attached hydrogens (tertiary/aromatic N) is 1. The molecule has 0 aliphatic heterocycles. The number of hydrogen-bond donors (Lipinski definition) is 3. The minimum atomic E-state index is -4.75. The van der Waals surface area contributed by atoms with E-state index in [0.717, 1.165) is 12.1 Å². The molecule has 0 unspecified atom stereocenters.